The third-order valence-electron chi connectivity index (χ3n) is 2.47. The van der Waals surface area contributed by atoms with Gasteiger partial charge in [-0.2, -0.15) is 0 Å². The molecule has 0 aliphatic carbocycles. The number of benzene rings is 1. The SMILES string of the molecule is CN1CC[C@H](Oc2cccc(O)c2)C1=O. The zero-order valence-corrected chi connectivity index (χ0v) is 8.51. The van der Waals surface area contributed by atoms with Crippen LogP contribution in [0.15, 0.2) is 24.3 Å². The van der Waals surface area contributed by atoms with Crippen molar-refractivity contribution in [2.24, 2.45) is 0 Å². The molecule has 1 saturated heterocycles. The molecule has 0 saturated carbocycles. The highest BCUT2D eigenvalue weighted by Gasteiger charge is 2.30. The maximum absolute atomic E-state index is 11.5. The van der Waals surface area contributed by atoms with Gasteiger partial charge in [-0.15, -0.1) is 0 Å². The number of ether oxygens (including phenoxy) is 1. The van der Waals surface area contributed by atoms with Gasteiger partial charge in [-0.3, -0.25) is 4.79 Å². The smallest absolute Gasteiger partial charge is 0.263 e. The topological polar surface area (TPSA) is 49.8 Å². The summed E-state index contributed by atoms with van der Waals surface area (Å²) in [5.41, 5.74) is 0. The molecule has 1 N–H and O–H groups in total. The van der Waals surface area contributed by atoms with Gasteiger partial charge in [0, 0.05) is 26.1 Å². The highest BCUT2D eigenvalue weighted by atomic mass is 16.5. The van der Waals surface area contributed by atoms with Crippen LogP contribution in [0.4, 0.5) is 0 Å². The molecular formula is C11H13NO3. The number of aromatic hydroxyl groups is 1. The maximum Gasteiger partial charge on any atom is 0.263 e. The molecule has 4 nitrogen and oxygen atoms in total. The molecule has 0 spiro atoms. The lowest BCUT2D eigenvalue weighted by atomic mass is 10.3. The number of phenols is 1. The Kier molecular flexibility index (Phi) is 2.49. The number of amides is 1. The summed E-state index contributed by atoms with van der Waals surface area (Å²) in [7, 11) is 1.76. The summed E-state index contributed by atoms with van der Waals surface area (Å²) in [5.74, 6) is 0.674. The lowest BCUT2D eigenvalue weighted by Gasteiger charge is -2.12. The molecule has 2 rings (SSSR count). The number of rotatable bonds is 2. The van der Waals surface area contributed by atoms with E-state index < -0.39 is 6.10 Å². The van der Waals surface area contributed by atoms with Crippen molar-refractivity contribution < 1.29 is 14.6 Å². The average molecular weight is 207 g/mol. The fourth-order valence-corrected chi connectivity index (χ4v) is 1.62. The second-order valence-corrected chi connectivity index (χ2v) is 3.65. The van der Waals surface area contributed by atoms with Gasteiger partial charge in [0.25, 0.3) is 5.91 Å². The first-order valence-corrected chi connectivity index (χ1v) is 4.87. The number of hydrogen-bond acceptors (Lipinski definition) is 3. The van der Waals surface area contributed by atoms with E-state index in [9.17, 15) is 9.90 Å². The second-order valence-electron chi connectivity index (χ2n) is 3.65. The molecule has 0 bridgehead atoms. The van der Waals surface area contributed by atoms with Crippen LogP contribution < -0.4 is 4.74 Å². The van der Waals surface area contributed by atoms with Crippen LogP contribution in [0.25, 0.3) is 0 Å². The number of hydrogen-bond donors (Lipinski definition) is 1. The zero-order chi connectivity index (χ0) is 10.8. The van der Waals surface area contributed by atoms with Gasteiger partial charge in [0.05, 0.1) is 0 Å². The van der Waals surface area contributed by atoms with E-state index in [0.29, 0.717) is 12.2 Å². The molecule has 1 aliphatic rings. The summed E-state index contributed by atoms with van der Waals surface area (Å²) in [5, 5.41) is 9.23. The van der Waals surface area contributed by atoms with Gasteiger partial charge in [-0.05, 0) is 12.1 Å². The summed E-state index contributed by atoms with van der Waals surface area (Å²) in [6.45, 7) is 0.725. The van der Waals surface area contributed by atoms with Crippen molar-refractivity contribution in [1.29, 1.82) is 0 Å². The first-order valence-electron chi connectivity index (χ1n) is 4.87. The van der Waals surface area contributed by atoms with Crippen LogP contribution >= 0.6 is 0 Å². The Morgan fingerprint density at radius 3 is 2.93 bits per heavy atom. The van der Waals surface area contributed by atoms with Crippen molar-refractivity contribution in [3.8, 4) is 11.5 Å². The monoisotopic (exact) mass is 207 g/mol. The van der Waals surface area contributed by atoms with E-state index in [2.05, 4.69) is 0 Å². The van der Waals surface area contributed by atoms with Crippen molar-refractivity contribution >= 4 is 5.91 Å². The molecule has 1 aromatic rings. The highest BCUT2D eigenvalue weighted by Crippen LogP contribution is 2.22. The summed E-state index contributed by atoms with van der Waals surface area (Å²) in [6, 6.07) is 6.49. The van der Waals surface area contributed by atoms with Crippen LogP contribution in [0.2, 0.25) is 0 Å². The van der Waals surface area contributed by atoms with Crippen molar-refractivity contribution in [1.82, 2.24) is 4.90 Å². The Morgan fingerprint density at radius 1 is 1.53 bits per heavy atom. The predicted molar refractivity (Wildman–Crippen MR) is 54.8 cm³/mol. The third-order valence-corrected chi connectivity index (χ3v) is 2.47. The molecule has 1 atom stereocenters. The normalized spacial score (nSPS) is 20.7. The van der Waals surface area contributed by atoms with E-state index in [0.717, 1.165) is 6.54 Å². The largest absolute Gasteiger partial charge is 0.508 e. The van der Waals surface area contributed by atoms with Crippen molar-refractivity contribution in [2.45, 2.75) is 12.5 Å². The minimum atomic E-state index is -0.406. The van der Waals surface area contributed by atoms with Gasteiger partial charge in [-0.1, -0.05) is 6.07 Å². The molecule has 1 amide bonds. The molecule has 0 radical (unpaired) electrons. The predicted octanol–water partition coefficient (Wildman–Crippen LogP) is 1.00. The molecule has 80 valence electrons. The fourth-order valence-electron chi connectivity index (χ4n) is 1.62. The molecule has 1 fully saturated rings. The van der Waals surface area contributed by atoms with Crippen LogP contribution in [0.5, 0.6) is 11.5 Å². The van der Waals surface area contributed by atoms with Crippen LogP contribution in [0.3, 0.4) is 0 Å². The van der Waals surface area contributed by atoms with Gasteiger partial charge >= 0.3 is 0 Å². The highest BCUT2D eigenvalue weighted by molar-refractivity contribution is 5.83. The standard InChI is InChI=1S/C11H13NO3/c1-12-6-5-10(11(12)14)15-9-4-2-3-8(13)7-9/h2-4,7,10,13H,5-6H2,1H3/t10-/m0/s1. The van der Waals surface area contributed by atoms with Crippen LogP contribution in [0.1, 0.15) is 6.42 Å². The van der Waals surface area contributed by atoms with Crippen molar-refractivity contribution in [3.05, 3.63) is 24.3 Å². The number of likely N-dealkylation sites (tertiary alicyclic amines) is 1. The zero-order valence-electron chi connectivity index (χ0n) is 8.51. The van der Waals surface area contributed by atoms with E-state index >= 15 is 0 Å². The number of carbonyl (C=O) groups excluding carboxylic acids is 1. The second kappa shape index (κ2) is 3.81. The van der Waals surface area contributed by atoms with Crippen LogP contribution in [-0.4, -0.2) is 35.6 Å². The minimum Gasteiger partial charge on any atom is -0.508 e. The first-order chi connectivity index (χ1) is 7.16. The molecule has 0 aromatic heterocycles. The molecular weight excluding hydrogens is 194 g/mol. The van der Waals surface area contributed by atoms with Gasteiger partial charge < -0.3 is 14.7 Å². The van der Waals surface area contributed by atoms with E-state index in [4.69, 9.17) is 4.74 Å². The minimum absolute atomic E-state index is 0.00153. The quantitative estimate of drug-likeness (QED) is 0.787. The Hall–Kier alpha value is -1.71. The van der Waals surface area contributed by atoms with E-state index in [1.807, 2.05) is 0 Å². The summed E-state index contributed by atoms with van der Waals surface area (Å²) in [4.78, 5) is 13.2. The summed E-state index contributed by atoms with van der Waals surface area (Å²) < 4.78 is 5.49. The molecule has 15 heavy (non-hydrogen) atoms. The number of phenolic OH excluding ortho intramolecular Hbond substituents is 1. The first kappa shape index (κ1) is 9.83. The molecule has 1 aliphatic heterocycles. The number of carbonyl (C=O) groups is 1. The van der Waals surface area contributed by atoms with Gasteiger partial charge in [0.2, 0.25) is 0 Å². The summed E-state index contributed by atoms with van der Waals surface area (Å²) >= 11 is 0. The van der Waals surface area contributed by atoms with Crippen LogP contribution in [-0.2, 0) is 4.79 Å². The molecule has 1 aromatic carbocycles. The Bertz CT molecular complexity index is 378. The van der Waals surface area contributed by atoms with Crippen molar-refractivity contribution in [3.63, 3.8) is 0 Å². The lowest BCUT2D eigenvalue weighted by molar-refractivity contribution is -0.132. The molecule has 4 heteroatoms. The fraction of sp³-hybridized carbons (Fsp3) is 0.364. The van der Waals surface area contributed by atoms with Crippen LogP contribution in [0, 0.1) is 0 Å². The Labute approximate surface area is 88.1 Å². The van der Waals surface area contributed by atoms with Gasteiger partial charge in [0.1, 0.15) is 11.5 Å². The third kappa shape index (κ3) is 2.03. The summed E-state index contributed by atoms with van der Waals surface area (Å²) in [6.07, 6.45) is 0.294. The van der Waals surface area contributed by atoms with E-state index in [1.165, 1.54) is 6.07 Å². The van der Waals surface area contributed by atoms with E-state index in [-0.39, 0.29) is 11.7 Å². The average Bonchev–Trinajstić information content (AvgIpc) is 2.50. The molecule has 1 heterocycles. The van der Waals surface area contributed by atoms with Gasteiger partial charge in [0.15, 0.2) is 6.10 Å². The Morgan fingerprint density at radius 2 is 2.33 bits per heavy atom. The van der Waals surface area contributed by atoms with E-state index in [1.54, 1.807) is 30.1 Å². The maximum atomic E-state index is 11.5. The number of likely N-dealkylation sites (N-methyl/N-ethyl adjacent to an activating group) is 1. The van der Waals surface area contributed by atoms with Gasteiger partial charge in [-0.25, -0.2) is 0 Å². The van der Waals surface area contributed by atoms with Crippen molar-refractivity contribution in [2.75, 3.05) is 13.6 Å². The lowest BCUT2D eigenvalue weighted by Crippen LogP contribution is -2.29. The molecule has 0 unspecified atom stereocenters. The Balaban J connectivity index is 2.06. The number of nitrogens with zero attached hydrogens (tertiary/aromatic N) is 1.